The topological polar surface area (TPSA) is 57.0 Å². The van der Waals surface area contributed by atoms with Crippen molar-refractivity contribution in [1.82, 2.24) is 4.90 Å². The highest BCUT2D eigenvalue weighted by atomic mass is 16.5. The van der Waals surface area contributed by atoms with E-state index in [1.54, 1.807) is 21.3 Å². The Morgan fingerprint density at radius 3 is 2.30 bits per heavy atom. The highest BCUT2D eigenvalue weighted by Gasteiger charge is 2.23. The largest absolute Gasteiger partial charge is 0.496 e. The molecule has 1 atom stereocenters. The Balaban J connectivity index is 2.18. The van der Waals surface area contributed by atoms with Gasteiger partial charge in [0.15, 0.2) is 11.5 Å². The van der Waals surface area contributed by atoms with Crippen molar-refractivity contribution in [3.8, 4) is 17.2 Å². The van der Waals surface area contributed by atoms with Crippen molar-refractivity contribution >= 4 is 0 Å². The van der Waals surface area contributed by atoms with E-state index in [2.05, 4.69) is 4.90 Å². The molecule has 1 aliphatic rings. The van der Waals surface area contributed by atoms with Crippen LogP contribution in [0.1, 0.15) is 12.0 Å². The first-order chi connectivity index (χ1) is 9.71. The molecule has 1 aromatic rings. The van der Waals surface area contributed by atoms with E-state index in [1.165, 1.54) is 6.42 Å². The molecule has 0 aromatic heterocycles. The first-order valence-electron chi connectivity index (χ1n) is 6.93. The van der Waals surface area contributed by atoms with Gasteiger partial charge < -0.3 is 19.9 Å². The molecule has 0 aliphatic carbocycles. The van der Waals surface area contributed by atoms with Crippen LogP contribution in [-0.4, -0.2) is 45.9 Å². The Labute approximate surface area is 120 Å². The summed E-state index contributed by atoms with van der Waals surface area (Å²) < 4.78 is 16.1. The fourth-order valence-corrected chi connectivity index (χ4v) is 2.71. The zero-order valence-electron chi connectivity index (χ0n) is 12.5. The van der Waals surface area contributed by atoms with Gasteiger partial charge in [-0.15, -0.1) is 0 Å². The van der Waals surface area contributed by atoms with Crippen molar-refractivity contribution in [1.29, 1.82) is 0 Å². The van der Waals surface area contributed by atoms with Gasteiger partial charge in [0.25, 0.3) is 0 Å². The van der Waals surface area contributed by atoms with Gasteiger partial charge in [-0.1, -0.05) is 0 Å². The Morgan fingerprint density at radius 2 is 1.75 bits per heavy atom. The monoisotopic (exact) mass is 280 g/mol. The van der Waals surface area contributed by atoms with Crippen LogP contribution in [0.15, 0.2) is 12.1 Å². The zero-order valence-corrected chi connectivity index (χ0v) is 12.5. The summed E-state index contributed by atoms with van der Waals surface area (Å²) in [5, 5.41) is 0. The first-order valence-corrected chi connectivity index (χ1v) is 6.93. The molecule has 20 heavy (non-hydrogen) atoms. The number of likely N-dealkylation sites (tertiary alicyclic amines) is 1. The second-order valence-corrected chi connectivity index (χ2v) is 5.14. The van der Waals surface area contributed by atoms with Gasteiger partial charge in [-0.05, 0) is 31.5 Å². The predicted molar refractivity (Wildman–Crippen MR) is 78.5 cm³/mol. The number of nitrogens with zero attached hydrogens (tertiary/aromatic N) is 1. The molecule has 1 saturated heterocycles. The maximum atomic E-state index is 5.74. The summed E-state index contributed by atoms with van der Waals surface area (Å²) in [6, 6.07) is 3.87. The number of nitrogens with two attached hydrogens (primary N) is 1. The lowest BCUT2D eigenvalue weighted by atomic mass is 10.1. The van der Waals surface area contributed by atoms with Gasteiger partial charge in [0.1, 0.15) is 5.75 Å². The smallest absolute Gasteiger partial charge is 0.164 e. The predicted octanol–water partition coefficient (Wildman–Crippen LogP) is 1.49. The Morgan fingerprint density at radius 1 is 1.10 bits per heavy atom. The fourth-order valence-electron chi connectivity index (χ4n) is 2.71. The van der Waals surface area contributed by atoms with Crippen LogP contribution in [0.25, 0.3) is 0 Å². The highest BCUT2D eigenvalue weighted by molar-refractivity contribution is 5.50. The van der Waals surface area contributed by atoms with Gasteiger partial charge in [0, 0.05) is 24.7 Å². The lowest BCUT2D eigenvalue weighted by Crippen LogP contribution is -2.23. The van der Waals surface area contributed by atoms with Gasteiger partial charge in [-0.3, -0.25) is 4.90 Å². The molecular weight excluding hydrogens is 256 g/mol. The van der Waals surface area contributed by atoms with Gasteiger partial charge in [0.2, 0.25) is 0 Å². The van der Waals surface area contributed by atoms with Crippen LogP contribution >= 0.6 is 0 Å². The third-order valence-electron chi connectivity index (χ3n) is 3.88. The summed E-state index contributed by atoms with van der Waals surface area (Å²) in [7, 11) is 4.95. The van der Waals surface area contributed by atoms with Crippen molar-refractivity contribution in [3.63, 3.8) is 0 Å². The Bertz CT molecular complexity index is 451. The van der Waals surface area contributed by atoms with E-state index in [-0.39, 0.29) is 0 Å². The Hall–Kier alpha value is -1.46. The second-order valence-electron chi connectivity index (χ2n) is 5.14. The molecule has 1 unspecified atom stereocenters. The molecule has 2 rings (SSSR count). The van der Waals surface area contributed by atoms with E-state index in [4.69, 9.17) is 19.9 Å². The van der Waals surface area contributed by atoms with E-state index in [1.807, 2.05) is 12.1 Å². The van der Waals surface area contributed by atoms with E-state index in [0.29, 0.717) is 11.7 Å². The molecule has 1 aliphatic heterocycles. The molecule has 5 nitrogen and oxygen atoms in total. The fraction of sp³-hybridized carbons (Fsp3) is 0.600. The van der Waals surface area contributed by atoms with Crippen LogP contribution in [0, 0.1) is 5.92 Å². The molecule has 0 saturated carbocycles. The third kappa shape index (κ3) is 3.16. The third-order valence-corrected chi connectivity index (χ3v) is 3.88. The SMILES string of the molecule is COc1cc(OC)c(OC)cc1CN1CCC(CN)C1. The molecule has 0 radical (unpaired) electrons. The molecule has 5 heteroatoms. The van der Waals surface area contributed by atoms with Gasteiger partial charge in [-0.2, -0.15) is 0 Å². The van der Waals surface area contributed by atoms with Crippen LogP contribution in [0.5, 0.6) is 17.2 Å². The van der Waals surface area contributed by atoms with Crippen molar-refractivity contribution in [2.75, 3.05) is 41.0 Å². The number of ether oxygens (including phenoxy) is 3. The lowest BCUT2D eigenvalue weighted by Gasteiger charge is -2.19. The van der Waals surface area contributed by atoms with E-state index < -0.39 is 0 Å². The first kappa shape index (κ1) is 14.9. The summed E-state index contributed by atoms with van der Waals surface area (Å²) in [6.07, 6.45) is 1.17. The molecule has 0 bridgehead atoms. The molecule has 1 heterocycles. The van der Waals surface area contributed by atoms with Gasteiger partial charge >= 0.3 is 0 Å². The number of methoxy groups -OCH3 is 3. The Kier molecular flexibility index (Phi) is 5.09. The summed E-state index contributed by atoms with van der Waals surface area (Å²) in [4.78, 5) is 2.40. The number of rotatable bonds is 6. The molecule has 0 amide bonds. The molecule has 1 fully saturated rings. The minimum absolute atomic E-state index is 0.612. The van der Waals surface area contributed by atoms with Gasteiger partial charge in [-0.25, -0.2) is 0 Å². The van der Waals surface area contributed by atoms with Crippen molar-refractivity contribution < 1.29 is 14.2 Å². The van der Waals surface area contributed by atoms with Crippen molar-refractivity contribution in [3.05, 3.63) is 17.7 Å². The molecular formula is C15H24N2O3. The summed E-state index contributed by atoms with van der Waals surface area (Å²) in [5.74, 6) is 2.87. The summed E-state index contributed by atoms with van der Waals surface area (Å²) in [5.41, 5.74) is 6.85. The van der Waals surface area contributed by atoms with Crippen LogP contribution < -0.4 is 19.9 Å². The van der Waals surface area contributed by atoms with Crippen LogP contribution in [0.2, 0.25) is 0 Å². The summed E-state index contributed by atoms with van der Waals surface area (Å²) >= 11 is 0. The second kappa shape index (κ2) is 6.81. The van der Waals surface area contributed by atoms with Gasteiger partial charge in [0.05, 0.1) is 21.3 Å². The standard InChI is InChI=1S/C15H24N2O3/c1-18-13-7-15(20-3)14(19-2)6-12(13)10-17-5-4-11(8-16)9-17/h6-7,11H,4-5,8-10,16H2,1-3H3. The maximum absolute atomic E-state index is 5.74. The van der Waals surface area contributed by atoms with Crippen molar-refractivity contribution in [2.24, 2.45) is 11.7 Å². The normalized spacial score (nSPS) is 19.1. The molecule has 112 valence electrons. The quantitative estimate of drug-likeness (QED) is 0.855. The molecule has 1 aromatic carbocycles. The van der Waals surface area contributed by atoms with E-state index >= 15 is 0 Å². The highest BCUT2D eigenvalue weighted by Crippen LogP contribution is 2.35. The zero-order chi connectivity index (χ0) is 14.5. The average Bonchev–Trinajstić information content (AvgIpc) is 2.94. The van der Waals surface area contributed by atoms with E-state index in [0.717, 1.165) is 43.2 Å². The van der Waals surface area contributed by atoms with Crippen LogP contribution in [0.3, 0.4) is 0 Å². The van der Waals surface area contributed by atoms with E-state index in [9.17, 15) is 0 Å². The number of hydrogen-bond donors (Lipinski definition) is 1. The van der Waals surface area contributed by atoms with Crippen LogP contribution in [0.4, 0.5) is 0 Å². The molecule has 2 N–H and O–H groups in total. The minimum Gasteiger partial charge on any atom is -0.496 e. The maximum Gasteiger partial charge on any atom is 0.164 e. The van der Waals surface area contributed by atoms with Crippen LogP contribution in [-0.2, 0) is 6.54 Å². The summed E-state index contributed by atoms with van der Waals surface area (Å²) in [6.45, 7) is 3.74. The number of benzene rings is 1. The molecule has 0 spiro atoms. The number of hydrogen-bond acceptors (Lipinski definition) is 5. The average molecular weight is 280 g/mol. The lowest BCUT2D eigenvalue weighted by molar-refractivity contribution is 0.305. The minimum atomic E-state index is 0.612. The van der Waals surface area contributed by atoms with Crippen molar-refractivity contribution in [2.45, 2.75) is 13.0 Å².